The molecule has 0 bridgehead atoms. The Bertz CT molecular complexity index is 398. The van der Waals surface area contributed by atoms with Crippen LogP contribution in [0.4, 0.5) is 0 Å². The van der Waals surface area contributed by atoms with Gasteiger partial charge in [0.05, 0.1) is 0 Å². The van der Waals surface area contributed by atoms with Gasteiger partial charge in [-0.25, -0.2) is 0 Å². The van der Waals surface area contributed by atoms with E-state index in [1.807, 2.05) is 0 Å². The molecule has 1 aromatic heterocycles. The number of fused-ring (bicyclic) bond motifs is 1. The highest BCUT2D eigenvalue weighted by Crippen LogP contribution is 2.32. The number of aromatic nitrogens is 3. The highest BCUT2D eigenvalue weighted by Gasteiger charge is 2.30. The molecule has 2 N–H and O–H groups in total. The summed E-state index contributed by atoms with van der Waals surface area (Å²) >= 11 is 0. The fourth-order valence-electron chi connectivity index (χ4n) is 3.26. The topological polar surface area (TPSA) is 56.7 Å². The molecule has 2 aliphatic rings. The molecule has 3 unspecified atom stereocenters. The quantitative estimate of drug-likeness (QED) is 0.806. The third-order valence-electron chi connectivity index (χ3n) is 4.38. The maximum Gasteiger partial charge on any atom is 0.137 e. The highest BCUT2D eigenvalue weighted by atomic mass is 15.3. The van der Waals surface area contributed by atoms with E-state index < -0.39 is 0 Å². The molecule has 1 aliphatic carbocycles. The number of hydrogen-bond acceptors (Lipinski definition) is 3. The lowest BCUT2D eigenvalue weighted by Crippen LogP contribution is -2.34. The predicted molar refractivity (Wildman–Crippen MR) is 66.7 cm³/mol. The summed E-state index contributed by atoms with van der Waals surface area (Å²) < 4.78 is 2.34. The summed E-state index contributed by atoms with van der Waals surface area (Å²) in [7, 11) is 0. The average Bonchev–Trinajstić information content (AvgIpc) is 2.72. The van der Waals surface area contributed by atoms with Gasteiger partial charge in [0, 0.05) is 24.9 Å². The minimum atomic E-state index is 0.288. The van der Waals surface area contributed by atoms with Crippen LogP contribution in [0, 0.1) is 5.92 Å². The fourth-order valence-corrected chi connectivity index (χ4v) is 3.26. The third-order valence-corrected chi connectivity index (χ3v) is 4.38. The van der Waals surface area contributed by atoms with Crippen LogP contribution in [0.5, 0.6) is 0 Å². The van der Waals surface area contributed by atoms with Crippen molar-refractivity contribution in [3.63, 3.8) is 0 Å². The molecule has 3 rings (SSSR count). The lowest BCUT2D eigenvalue weighted by Gasteiger charge is -2.29. The molecule has 0 saturated heterocycles. The Kier molecular flexibility index (Phi) is 2.90. The van der Waals surface area contributed by atoms with Crippen LogP contribution in [0.1, 0.15) is 56.6 Å². The van der Waals surface area contributed by atoms with Crippen molar-refractivity contribution in [1.82, 2.24) is 14.8 Å². The molecule has 4 heteroatoms. The second kappa shape index (κ2) is 4.41. The van der Waals surface area contributed by atoms with Crippen molar-refractivity contribution in [3.05, 3.63) is 11.6 Å². The van der Waals surface area contributed by atoms with Crippen LogP contribution < -0.4 is 5.73 Å². The number of rotatable bonds is 1. The van der Waals surface area contributed by atoms with Crippen LogP contribution in [0.2, 0.25) is 0 Å². The van der Waals surface area contributed by atoms with Crippen molar-refractivity contribution in [2.45, 2.75) is 64.0 Å². The van der Waals surface area contributed by atoms with Gasteiger partial charge >= 0.3 is 0 Å². The average molecular weight is 234 g/mol. The Morgan fingerprint density at radius 1 is 1.18 bits per heavy atom. The summed E-state index contributed by atoms with van der Waals surface area (Å²) in [5.74, 6) is 3.54. The standard InChI is InChI=1S/C13H22N4/c1-9-6-7-17-12(8-9)15-16-13(17)10-4-2-3-5-11(10)14/h9-11H,2-8,14H2,1H3. The Balaban J connectivity index is 1.88. The van der Waals surface area contributed by atoms with Gasteiger partial charge in [0.2, 0.25) is 0 Å². The lowest BCUT2D eigenvalue weighted by atomic mass is 9.84. The van der Waals surface area contributed by atoms with E-state index in [1.165, 1.54) is 37.3 Å². The van der Waals surface area contributed by atoms with Crippen molar-refractivity contribution in [2.75, 3.05) is 0 Å². The first kappa shape index (κ1) is 11.2. The maximum absolute atomic E-state index is 6.25. The second-order valence-electron chi connectivity index (χ2n) is 5.78. The van der Waals surface area contributed by atoms with Gasteiger partial charge in [0.1, 0.15) is 11.6 Å². The van der Waals surface area contributed by atoms with Gasteiger partial charge in [-0.2, -0.15) is 0 Å². The maximum atomic E-state index is 6.25. The summed E-state index contributed by atoms with van der Waals surface area (Å²) in [5, 5.41) is 8.81. The minimum absolute atomic E-state index is 0.288. The molecule has 0 spiro atoms. The number of nitrogens with zero attached hydrogens (tertiary/aromatic N) is 3. The van der Waals surface area contributed by atoms with Crippen molar-refractivity contribution >= 4 is 0 Å². The van der Waals surface area contributed by atoms with E-state index >= 15 is 0 Å². The monoisotopic (exact) mass is 234 g/mol. The molecular formula is C13H22N4. The van der Waals surface area contributed by atoms with Gasteiger partial charge in [-0.15, -0.1) is 10.2 Å². The largest absolute Gasteiger partial charge is 0.327 e. The smallest absolute Gasteiger partial charge is 0.137 e. The van der Waals surface area contributed by atoms with E-state index in [0.29, 0.717) is 5.92 Å². The number of hydrogen-bond donors (Lipinski definition) is 1. The Morgan fingerprint density at radius 3 is 2.82 bits per heavy atom. The highest BCUT2D eigenvalue weighted by molar-refractivity contribution is 5.08. The summed E-state index contributed by atoms with van der Waals surface area (Å²) in [6.45, 7) is 3.38. The lowest BCUT2D eigenvalue weighted by molar-refractivity contribution is 0.344. The van der Waals surface area contributed by atoms with Crippen molar-refractivity contribution in [3.8, 4) is 0 Å². The SMILES string of the molecule is CC1CCn2c(nnc2C2CCCCC2N)C1. The summed E-state index contributed by atoms with van der Waals surface area (Å²) in [6.07, 6.45) is 7.22. The Morgan fingerprint density at radius 2 is 2.00 bits per heavy atom. The van der Waals surface area contributed by atoms with Gasteiger partial charge in [-0.1, -0.05) is 19.8 Å². The zero-order valence-electron chi connectivity index (χ0n) is 10.6. The predicted octanol–water partition coefficient (Wildman–Crippen LogP) is 1.85. The van der Waals surface area contributed by atoms with E-state index in [1.54, 1.807) is 0 Å². The molecule has 0 aromatic carbocycles. The molecule has 94 valence electrons. The summed E-state index contributed by atoms with van der Waals surface area (Å²) in [5.41, 5.74) is 6.25. The van der Waals surface area contributed by atoms with E-state index in [9.17, 15) is 0 Å². The van der Waals surface area contributed by atoms with Crippen molar-refractivity contribution in [1.29, 1.82) is 0 Å². The molecule has 1 aliphatic heterocycles. The molecule has 17 heavy (non-hydrogen) atoms. The van der Waals surface area contributed by atoms with Crippen molar-refractivity contribution in [2.24, 2.45) is 11.7 Å². The molecule has 4 nitrogen and oxygen atoms in total. The first-order valence-electron chi connectivity index (χ1n) is 6.93. The van der Waals surface area contributed by atoms with Gasteiger partial charge in [-0.05, 0) is 25.2 Å². The second-order valence-corrected chi connectivity index (χ2v) is 5.78. The molecule has 1 saturated carbocycles. The first-order chi connectivity index (χ1) is 8.25. The summed E-state index contributed by atoms with van der Waals surface area (Å²) in [6, 6.07) is 0.288. The molecule has 1 fully saturated rings. The first-order valence-corrected chi connectivity index (χ1v) is 6.93. The third kappa shape index (κ3) is 1.99. The van der Waals surface area contributed by atoms with E-state index in [0.717, 1.165) is 25.3 Å². The van der Waals surface area contributed by atoms with E-state index in [4.69, 9.17) is 5.73 Å². The van der Waals surface area contributed by atoms with Crippen LogP contribution in [0.3, 0.4) is 0 Å². The summed E-state index contributed by atoms with van der Waals surface area (Å²) in [4.78, 5) is 0. The Labute approximate surface area is 103 Å². The Hall–Kier alpha value is -0.900. The normalized spacial score (nSPS) is 33.4. The van der Waals surface area contributed by atoms with Gasteiger partial charge in [0.25, 0.3) is 0 Å². The van der Waals surface area contributed by atoms with E-state index in [2.05, 4.69) is 21.7 Å². The van der Waals surface area contributed by atoms with Crippen LogP contribution >= 0.6 is 0 Å². The van der Waals surface area contributed by atoms with Crippen LogP contribution in [-0.2, 0) is 13.0 Å². The molecule has 2 heterocycles. The number of nitrogens with two attached hydrogens (primary N) is 1. The van der Waals surface area contributed by atoms with Crippen LogP contribution in [0.25, 0.3) is 0 Å². The molecule has 0 amide bonds. The molecule has 3 atom stereocenters. The van der Waals surface area contributed by atoms with Gasteiger partial charge in [-0.3, -0.25) is 0 Å². The van der Waals surface area contributed by atoms with Crippen molar-refractivity contribution < 1.29 is 0 Å². The zero-order chi connectivity index (χ0) is 11.8. The molecular weight excluding hydrogens is 212 g/mol. The molecule has 0 radical (unpaired) electrons. The molecule has 1 aromatic rings. The van der Waals surface area contributed by atoms with Crippen LogP contribution in [-0.4, -0.2) is 20.8 Å². The van der Waals surface area contributed by atoms with Gasteiger partial charge in [0.15, 0.2) is 0 Å². The zero-order valence-corrected chi connectivity index (χ0v) is 10.6. The minimum Gasteiger partial charge on any atom is -0.327 e. The fraction of sp³-hybridized carbons (Fsp3) is 0.846. The van der Waals surface area contributed by atoms with Crippen LogP contribution in [0.15, 0.2) is 0 Å². The van der Waals surface area contributed by atoms with E-state index in [-0.39, 0.29) is 6.04 Å². The van der Waals surface area contributed by atoms with Gasteiger partial charge < -0.3 is 10.3 Å².